The third kappa shape index (κ3) is 4.07. The Morgan fingerprint density at radius 1 is 1.06 bits per heavy atom. The summed E-state index contributed by atoms with van der Waals surface area (Å²) in [5, 5.41) is 19.0. The number of halogens is 1. The highest BCUT2D eigenvalue weighted by Gasteiger charge is 2.43. The minimum atomic E-state index is -0.383. The Morgan fingerprint density at radius 3 is 2.39 bits per heavy atom. The number of H-pyrrole nitrogens is 1. The number of aromatic nitrogens is 2. The van der Waals surface area contributed by atoms with Crippen LogP contribution in [0, 0.1) is 13.8 Å². The normalized spacial score (nSPS) is 15.4. The van der Waals surface area contributed by atoms with Gasteiger partial charge in [0.15, 0.2) is 0 Å². The predicted molar refractivity (Wildman–Crippen MR) is 143 cm³/mol. The van der Waals surface area contributed by atoms with Crippen LogP contribution in [0.5, 0.6) is 5.75 Å². The van der Waals surface area contributed by atoms with Crippen LogP contribution in [0.15, 0.2) is 60.7 Å². The molecular formula is C30H30ClN3O2. The summed E-state index contributed by atoms with van der Waals surface area (Å²) in [5.74, 6) is 0.0125. The first kappa shape index (κ1) is 24.1. The number of amides is 1. The van der Waals surface area contributed by atoms with Crippen LogP contribution in [0.1, 0.15) is 70.7 Å². The fourth-order valence-corrected chi connectivity index (χ4v) is 5.32. The summed E-state index contributed by atoms with van der Waals surface area (Å²) in [6.07, 6.45) is 0. The lowest BCUT2D eigenvalue weighted by molar-refractivity contribution is 0.0730. The van der Waals surface area contributed by atoms with Gasteiger partial charge in [-0.25, -0.2) is 0 Å². The van der Waals surface area contributed by atoms with Crippen molar-refractivity contribution in [2.45, 2.75) is 52.6 Å². The second-order valence-corrected chi connectivity index (χ2v) is 11.0. The maximum Gasteiger partial charge on any atom is 0.273 e. The number of hydrogen-bond acceptors (Lipinski definition) is 3. The zero-order valence-electron chi connectivity index (χ0n) is 21.2. The van der Waals surface area contributed by atoms with Crippen molar-refractivity contribution in [2.75, 3.05) is 0 Å². The van der Waals surface area contributed by atoms with Crippen LogP contribution in [0.25, 0.3) is 11.3 Å². The van der Waals surface area contributed by atoms with Gasteiger partial charge in [0, 0.05) is 22.7 Å². The fraction of sp³-hybridized carbons (Fsp3) is 0.267. The van der Waals surface area contributed by atoms with Crippen LogP contribution in [0.2, 0.25) is 5.02 Å². The number of nitrogens with one attached hydrogen (secondary N) is 1. The van der Waals surface area contributed by atoms with Gasteiger partial charge in [0.05, 0.1) is 6.04 Å². The molecular weight excluding hydrogens is 470 g/mol. The topological polar surface area (TPSA) is 69.2 Å². The summed E-state index contributed by atoms with van der Waals surface area (Å²) in [5.41, 5.74) is 7.41. The van der Waals surface area contributed by atoms with Crippen LogP contribution >= 0.6 is 11.6 Å². The average molecular weight is 500 g/mol. The Balaban J connectivity index is 1.69. The number of rotatable bonds is 4. The molecule has 2 heterocycles. The van der Waals surface area contributed by atoms with Gasteiger partial charge in [-0.2, -0.15) is 5.10 Å². The van der Waals surface area contributed by atoms with Gasteiger partial charge in [0.25, 0.3) is 5.91 Å². The molecule has 0 bridgehead atoms. The van der Waals surface area contributed by atoms with Crippen LogP contribution < -0.4 is 0 Å². The Bertz CT molecular complexity index is 1440. The van der Waals surface area contributed by atoms with Crippen LogP contribution in [-0.4, -0.2) is 26.1 Å². The first-order chi connectivity index (χ1) is 17.1. The molecule has 0 radical (unpaired) electrons. The van der Waals surface area contributed by atoms with E-state index in [0.717, 1.165) is 27.8 Å². The highest BCUT2D eigenvalue weighted by molar-refractivity contribution is 6.31. The largest absolute Gasteiger partial charge is 0.507 e. The first-order valence-electron chi connectivity index (χ1n) is 12.1. The summed E-state index contributed by atoms with van der Waals surface area (Å²) < 4.78 is 0. The van der Waals surface area contributed by atoms with Gasteiger partial charge < -0.3 is 10.0 Å². The zero-order chi connectivity index (χ0) is 25.8. The summed E-state index contributed by atoms with van der Waals surface area (Å²) >= 11 is 6.49. The van der Waals surface area contributed by atoms with Crippen molar-refractivity contribution in [3.8, 4) is 17.0 Å². The SMILES string of the molecule is Cc1cc(C)c(-c2n[nH]c3c2C(c2ccc(C(C)(C)C)cc2)N(Cc2ccccc2Cl)C3=O)c(O)c1. The molecule has 184 valence electrons. The van der Waals surface area contributed by atoms with E-state index in [9.17, 15) is 9.90 Å². The Kier molecular flexibility index (Phi) is 5.92. The Hall–Kier alpha value is -3.57. The fourth-order valence-electron chi connectivity index (χ4n) is 5.13. The molecule has 1 aliphatic heterocycles. The Labute approximate surface area is 216 Å². The lowest BCUT2D eigenvalue weighted by atomic mass is 9.85. The highest BCUT2D eigenvalue weighted by Crippen LogP contribution is 2.46. The average Bonchev–Trinajstić information content (AvgIpc) is 3.33. The van der Waals surface area contributed by atoms with E-state index >= 15 is 0 Å². The molecule has 0 saturated heterocycles. The number of hydrogen-bond donors (Lipinski definition) is 2. The number of carbonyl (C=O) groups is 1. The number of carbonyl (C=O) groups excluding carboxylic acids is 1. The van der Waals surface area contributed by atoms with Crippen LogP contribution in [0.3, 0.4) is 0 Å². The van der Waals surface area contributed by atoms with E-state index in [1.54, 1.807) is 6.07 Å². The van der Waals surface area contributed by atoms with Gasteiger partial charge in [0.1, 0.15) is 17.1 Å². The number of nitrogens with zero attached hydrogens (tertiary/aromatic N) is 2. The molecule has 6 heteroatoms. The smallest absolute Gasteiger partial charge is 0.273 e. The molecule has 36 heavy (non-hydrogen) atoms. The quantitative estimate of drug-likeness (QED) is 0.314. The van der Waals surface area contributed by atoms with Crippen molar-refractivity contribution in [3.05, 3.63) is 105 Å². The molecule has 5 rings (SSSR count). The molecule has 2 N–H and O–H groups in total. The van der Waals surface area contributed by atoms with E-state index in [4.69, 9.17) is 11.6 Å². The monoisotopic (exact) mass is 499 g/mol. The van der Waals surface area contributed by atoms with Gasteiger partial charge in [0.2, 0.25) is 0 Å². The standard InChI is InChI=1S/C30H30ClN3O2/c1-17-14-18(2)24(23(35)15-17)26-25-27(33-32-26)29(36)34(16-20-8-6-7-9-22(20)31)28(25)19-10-12-21(13-11-19)30(3,4)5/h6-15,28,35H,16H2,1-5H3,(H,32,33). The van der Waals surface area contributed by atoms with Gasteiger partial charge >= 0.3 is 0 Å². The van der Waals surface area contributed by atoms with E-state index in [-0.39, 0.29) is 23.1 Å². The van der Waals surface area contributed by atoms with Crippen molar-refractivity contribution in [3.63, 3.8) is 0 Å². The van der Waals surface area contributed by atoms with Gasteiger partial charge in [-0.15, -0.1) is 0 Å². The molecule has 4 aromatic rings. The molecule has 5 nitrogen and oxygen atoms in total. The minimum absolute atomic E-state index is 0.0119. The van der Waals surface area contributed by atoms with Gasteiger partial charge in [-0.05, 0) is 59.2 Å². The molecule has 1 unspecified atom stereocenters. The Morgan fingerprint density at radius 2 is 1.75 bits per heavy atom. The van der Waals surface area contributed by atoms with Gasteiger partial charge in [-0.1, -0.05) is 80.9 Å². The molecule has 1 aromatic heterocycles. The van der Waals surface area contributed by atoms with Crippen molar-refractivity contribution in [2.24, 2.45) is 0 Å². The second-order valence-electron chi connectivity index (χ2n) is 10.6. The predicted octanol–water partition coefficient (Wildman–Crippen LogP) is 7.10. The third-order valence-electron chi connectivity index (χ3n) is 6.95. The van der Waals surface area contributed by atoms with E-state index in [0.29, 0.717) is 28.5 Å². The lowest BCUT2D eigenvalue weighted by Gasteiger charge is -2.28. The lowest BCUT2D eigenvalue weighted by Crippen LogP contribution is -2.29. The molecule has 1 amide bonds. The molecule has 0 fully saturated rings. The van der Waals surface area contributed by atoms with Crippen molar-refractivity contribution >= 4 is 17.5 Å². The molecule has 0 saturated carbocycles. The molecule has 1 aliphatic rings. The molecule has 3 aromatic carbocycles. The van der Waals surface area contributed by atoms with E-state index in [1.807, 2.05) is 49.1 Å². The number of phenolic OH excluding ortho intramolecular Hbond substituents is 1. The summed E-state index contributed by atoms with van der Waals surface area (Å²) in [6, 6.07) is 19.4. The van der Waals surface area contributed by atoms with Crippen LogP contribution in [0.4, 0.5) is 0 Å². The van der Waals surface area contributed by atoms with Crippen molar-refractivity contribution in [1.29, 1.82) is 0 Å². The summed E-state index contributed by atoms with van der Waals surface area (Å²) in [7, 11) is 0. The summed E-state index contributed by atoms with van der Waals surface area (Å²) in [4.78, 5) is 15.6. The number of aromatic hydroxyl groups is 1. The number of aryl methyl sites for hydroxylation is 2. The number of phenols is 1. The molecule has 0 aliphatic carbocycles. The van der Waals surface area contributed by atoms with E-state index in [2.05, 4.69) is 55.2 Å². The number of benzene rings is 3. The number of fused-ring (bicyclic) bond motifs is 1. The van der Waals surface area contributed by atoms with E-state index < -0.39 is 0 Å². The summed E-state index contributed by atoms with van der Waals surface area (Å²) in [6.45, 7) is 10.8. The molecule has 1 atom stereocenters. The first-order valence-corrected chi connectivity index (χ1v) is 12.5. The third-order valence-corrected chi connectivity index (χ3v) is 7.32. The van der Waals surface area contributed by atoms with Crippen LogP contribution in [-0.2, 0) is 12.0 Å². The van der Waals surface area contributed by atoms with Crippen molar-refractivity contribution in [1.82, 2.24) is 15.1 Å². The molecule has 0 spiro atoms. The maximum absolute atomic E-state index is 13.7. The van der Waals surface area contributed by atoms with E-state index in [1.165, 1.54) is 5.56 Å². The van der Waals surface area contributed by atoms with Gasteiger partial charge in [-0.3, -0.25) is 9.89 Å². The zero-order valence-corrected chi connectivity index (χ0v) is 21.9. The maximum atomic E-state index is 13.7. The second kappa shape index (κ2) is 8.82. The number of aromatic amines is 1. The minimum Gasteiger partial charge on any atom is -0.507 e. The van der Waals surface area contributed by atoms with Crippen molar-refractivity contribution < 1.29 is 9.90 Å². The highest BCUT2D eigenvalue weighted by atomic mass is 35.5.